The summed E-state index contributed by atoms with van der Waals surface area (Å²) in [6, 6.07) is 0. The average Bonchev–Trinajstić information content (AvgIpc) is 2.94. The first kappa shape index (κ1) is 20.3. The largest absolute Gasteiger partial charge is 0.460 e. The second-order valence-corrected chi connectivity index (χ2v) is 8.75. The number of aliphatic hydroxyl groups is 3. The summed E-state index contributed by atoms with van der Waals surface area (Å²) in [5.74, 6) is -1.93. The van der Waals surface area contributed by atoms with E-state index >= 15 is 0 Å². The van der Waals surface area contributed by atoms with E-state index in [2.05, 4.69) is 0 Å². The summed E-state index contributed by atoms with van der Waals surface area (Å²) in [5.41, 5.74) is -2.09. The molecule has 2 aliphatic carbocycles. The Balaban J connectivity index is 1.92. The monoisotopic (exact) mass is 382 g/mol. The highest BCUT2D eigenvalue weighted by Gasteiger charge is 2.65. The fourth-order valence-electron chi connectivity index (χ4n) is 5.50. The molecule has 3 fully saturated rings. The minimum absolute atomic E-state index is 0.000273. The van der Waals surface area contributed by atoms with E-state index in [0.717, 1.165) is 0 Å². The number of rotatable bonds is 3. The van der Waals surface area contributed by atoms with Crippen LogP contribution in [0.25, 0.3) is 0 Å². The molecule has 7 heteroatoms. The van der Waals surface area contributed by atoms with Crippen LogP contribution in [0.5, 0.6) is 0 Å². The Morgan fingerprint density at radius 2 is 2.07 bits per heavy atom. The molecule has 1 saturated heterocycles. The van der Waals surface area contributed by atoms with Crippen LogP contribution in [0.3, 0.4) is 0 Å². The number of carbonyl (C=O) groups is 2. The van der Waals surface area contributed by atoms with Crippen LogP contribution in [-0.2, 0) is 19.1 Å². The Morgan fingerprint density at radius 1 is 1.41 bits per heavy atom. The van der Waals surface area contributed by atoms with Crippen LogP contribution < -0.4 is 0 Å². The minimum Gasteiger partial charge on any atom is -0.460 e. The quantitative estimate of drug-likeness (QED) is 0.492. The van der Waals surface area contributed by atoms with Gasteiger partial charge in [0, 0.05) is 29.2 Å². The Kier molecular flexibility index (Phi) is 5.16. The maximum Gasteiger partial charge on any atom is 0.341 e. The fourth-order valence-corrected chi connectivity index (χ4v) is 5.50. The SMILES string of the molecule is C/C=C(\C)C(=O)O[C@H]1C[C@H](O)[C@@]2(C)CC3[C@@H](C[C@@H](C)[C@H]12)OC(=O)[C@@]3(O)CO. The van der Waals surface area contributed by atoms with Gasteiger partial charge in [0.2, 0.25) is 0 Å². The molecular formula is C20H30O7. The molecule has 7 nitrogen and oxygen atoms in total. The lowest BCUT2D eigenvalue weighted by atomic mass is 9.67. The summed E-state index contributed by atoms with van der Waals surface area (Å²) in [5, 5.41) is 31.2. The molecule has 2 saturated carbocycles. The number of fused-ring (bicyclic) bond motifs is 2. The Morgan fingerprint density at radius 3 is 2.67 bits per heavy atom. The van der Waals surface area contributed by atoms with E-state index in [-0.39, 0.29) is 11.8 Å². The van der Waals surface area contributed by atoms with Gasteiger partial charge in [0.1, 0.15) is 12.2 Å². The molecule has 0 aromatic carbocycles. The summed E-state index contributed by atoms with van der Waals surface area (Å²) in [7, 11) is 0. The van der Waals surface area contributed by atoms with E-state index in [9.17, 15) is 24.9 Å². The molecule has 3 aliphatic rings. The van der Waals surface area contributed by atoms with Gasteiger partial charge in [0.15, 0.2) is 5.60 Å². The molecular weight excluding hydrogens is 352 g/mol. The topological polar surface area (TPSA) is 113 Å². The van der Waals surface area contributed by atoms with Gasteiger partial charge >= 0.3 is 11.9 Å². The first-order valence-corrected chi connectivity index (χ1v) is 9.64. The van der Waals surface area contributed by atoms with Crippen molar-refractivity contribution in [3.05, 3.63) is 11.6 Å². The zero-order valence-electron chi connectivity index (χ0n) is 16.3. The maximum absolute atomic E-state index is 12.3. The van der Waals surface area contributed by atoms with Crippen molar-refractivity contribution in [2.75, 3.05) is 6.61 Å². The van der Waals surface area contributed by atoms with Crippen molar-refractivity contribution >= 4 is 11.9 Å². The van der Waals surface area contributed by atoms with Crippen molar-refractivity contribution in [1.29, 1.82) is 0 Å². The van der Waals surface area contributed by atoms with Gasteiger partial charge in [-0.25, -0.2) is 9.59 Å². The van der Waals surface area contributed by atoms with Crippen molar-refractivity contribution in [3.8, 4) is 0 Å². The molecule has 0 aromatic rings. The number of aliphatic hydroxyl groups excluding tert-OH is 2. The first-order valence-electron chi connectivity index (χ1n) is 9.64. The number of hydrogen-bond donors (Lipinski definition) is 3. The van der Waals surface area contributed by atoms with Crippen LogP contribution in [-0.4, -0.2) is 57.8 Å². The number of carbonyl (C=O) groups excluding carboxylic acids is 2. The number of esters is 2. The zero-order chi connectivity index (χ0) is 20.1. The maximum atomic E-state index is 12.3. The van der Waals surface area contributed by atoms with Crippen LogP contribution in [0.15, 0.2) is 11.6 Å². The molecule has 0 radical (unpaired) electrons. The van der Waals surface area contributed by atoms with Crippen molar-refractivity contribution in [1.82, 2.24) is 0 Å². The van der Waals surface area contributed by atoms with Crippen molar-refractivity contribution in [2.45, 2.75) is 70.9 Å². The van der Waals surface area contributed by atoms with E-state index in [1.165, 1.54) is 0 Å². The Hall–Kier alpha value is -1.44. The summed E-state index contributed by atoms with van der Waals surface area (Å²) in [4.78, 5) is 24.4. The van der Waals surface area contributed by atoms with Gasteiger partial charge in [-0.2, -0.15) is 0 Å². The number of ether oxygens (including phenoxy) is 2. The zero-order valence-corrected chi connectivity index (χ0v) is 16.3. The highest BCUT2D eigenvalue weighted by atomic mass is 16.6. The lowest BCUT2D eigenvalue weighted by Gasteiger charge is -2.39. The van der Waals surface area contributed by atoms with Gasteiger partial charge in [0.25, 0.3) is 0 Å². The molecule has 1 heterocycles. The van der Waals surface area contributed by atoms with Gasteiger partial charge in [0.05, 0.1) is 12.7 Å². The highest BCUT2D eigenvalue weighted by Crippen LogP contribution is 2.58. The number of allylic oxidation sites excluding steroid dienone is 1. The van der Waals surface area contributed by atoms with E-state index in [4.69, 9.17) is 9.47 Å². The molecule has 1 unspecified atom stereocenters. The van der Waals surface area contributed by atoms with Crippen LogP contribution >= 0.6 is 0 Å². The van der Waals surface area contributed by atoms with Crippen molar-refractivity contribution in [3.63, 3.8) is 0 Å². The first-order chi connectivity index (χ1) is 12.6. The molecule has 0 spiro atoms. The molecule has 3 rings (SSSR count). The van der Waals surface area contributed by atoms with Crippen LogP contribution in [0.4, 0.5) is 0 Å². The predicted molar refractivity (Wildman–Crippen MR) is 95.3 cm³/mol. The fraction of sp³-hybridized carbons (Fsp3) is 0.800. The van der Waals surface area contributed by atoms with Crippen molar-refractivity contribution in [2.24, 2.45) is 23.2 Å². The molecule has 27 heavy (non-hydrogen) atoms. The van der Waals surface area contributed by atoms with Gasteiger partial charge in [-0.3, -0.25) is 0 Å². The van der Waals surface area contributed by atoms with Crippen LogP contribution in [0.1, 0.15) is 47.0 Å². The number of hydrogen-bond acceptors (Lipinski definition) is 7. The van der Waals surface area contributed by atoms with Gasteiger partial charge in [-0.1, -0.05) is 19.9 Å². The third kappa shape index (κ3) is 3.00. The smallest absolute Gasteiger partial charge is 0.341 e. The molecule has 1 aliphatic heterocycles. The summed E-state index contributed by atoms with van der Waals surface area (Å²) in [6.07, 6.45) is 1.10. The molecule has 0 amide bonds. The third-order valence-electron chi connectivity index (χ3n) is 7.18. The van der Waals surface area contributed by atoms with Crippen LogP contribution in [0.2, 0.25) is 0 Å². The molecule has 8 atom stereocenters. The highest BCUT2D eigenvalue weighted by molar-refractivity contribution is 5.87. The van der Waals surface area contributed by atoms with E-state index < -0.39 is 53.8 Å². The second kappa shape index (κ2) is 6.87. The van der Waals surface area contributed by atoms with E-state index in [0.29, 0.717) is 24.8 Å². The van der Waals surface area contributed by atoms with E-state index in [1.54, 1.807) is 19.9 Å². The molecule has 0 aromatic heterocycles. The molecule has 0 bridgehead atoms. The summed E-state index contributed by atoms with van der Waals surface area (Å²) in [6.45, 7) is 6.66. The third-order valence-corrected chi connectivity index (χ3v) is 7.18. The lowest BCUT2D eigenvalue weighted by molar-refractivity contribution is -0.160. The van der Waals surface area contributed by atoms with Crippen LogP contribution in [0, 0.1) is 23.2 Å². The van der Waals surface area contributed by atoms with Gasteiger partial charge in [-0.15, -0.1) is 0 Å². The lowest BCUT2D eigenvalue weighted by Crippen LogP contribution is -2.48. The Bertz CT molecular complexity index is 659. The van der Waals surface area contributed by atoms with E-state index in [1.807, 2.05) is 13.8 Å². The minimum atomic E-state index is -1.95. The standard InChI is InChI=1S/C20H30O7/c1-5-10(2)17(23)26-14-7-15(22)19(4)8-12-13(6-11(3)16(14)19)27-18(24)20(12,25)9-21/h5,11-16,21-22,25H,6-9H2,1-4H3/b10-5+/t11-,12?,13-,14+,15+,16-,19-,20-/m1/s1. The second-order valence-electron chi connectivity index (χ2n) is 8.75. The molecule has 3 N–H and O–H groups in total. The van der Waals surface area contributed by atoms with Gasteiger partial charge in [-0.05, 0) is 32.6 Å². The molecule has 152 valence electrons. The normalized spacial score (nSPS) is 47.1. The summed E-state index contributed by atoms with van der Waals surface area (Å²) < 4.78 is 11.1. The van der Waals surface area contributed by atoms with Crippen molar-refractivity contribution < 1.29 is 34.4 Å². The Labute approximate surface area is 159 Å². The summed E-state index contributed by atoms with van der Waals surface area (Å²) >= 11 is 0. The average molecular weight is 382 g/mol. The predicted octanol–water partition coefficient (Wildman–Crippen LogP) is 0.946. The van der Waals surface area contributed by atoms with Gasteiger partial charge < -0.3 is 24.8 Å².